The molecular formula is C19H29N3O4S. The highest BCUT2D eigenvalue weighted by atomic mass is 32.2. The van der Waals surface area contributed by atoms with Crippen LogP contribution >= 0.6 is 0 Å². The Morgan fingerprint density at radius 3 is 2.59 bits per heavy atom. The third kappa shape index (κ3) is 5.77. The Balaban J connectivity index is 2.02. The lowest BCUT2D eigenvalue weighted by Crippen LogP contribution is -2.39. The number of fused-ring (bicyclic) bond motifs is 1. The molecule has 0 radical (unpaired) electrons. The Bertz CT molecular complexity index is 788. The number of nitrogens with zero attached hydrogens (tertiary/aromatic N) is 1. The van der Waals surface area contributed by atoms with Gasteiger partial charge in [0, 0.05) is 25.3 Å². The predicted octanol–water partition coefficient (Wildman–Crippen LogP) is 1.93. The molecule has 27 heavy (non-hydrogen) atoms. The number of amidine groups is 1. The molecule has 150 valence electrons. The molecular weight excluding hydrogens is 366 g/mol. The zero-order chi connectivity index (χ0) is 20.0. The maximum Gasteiger partial charge on any atom is 0.263 e. The Hall–Kier alpha value is -1.93. The van der Waals surface area contributed by atoms with Crippen molar-refractivity contribution in [1.29, 1.82) is 0 Å². The molecule has 0 saturated carbocycles. The van der Waals surface area contributed by atoms with Crippen molar-refractivity contribution in [3.63, 3.8) is 0 Å². The quantitative estimate of drug-likeness (QED) is 0.625. The third-order valence-electron chi connectivity index (χ3n) is 4.05. The van der Waals surface area contributed by atoms with Gasteiger partial charge in [0.05, 0.1) is 4.90 Å². The first kappa shape index (κ1) is 21.4. The largest absolute Gasteiger partial charge is 0.381 e. The summed E-state index contributed by atoms with van der Waals surface area (Å²) in [5.74, 6) is 0.412. The van der Waals surface area contributed by atoms with E-state index in [0.717, 1.165) is 6.42 Å². The van der Waals surface area contributed by atoms with E-state index < -0.39 is 16.1 Å². The summed E-state index contributed by atoms with van der Waals surface area (Å²) in [6.07, 6.45) is 0.718. The second-order valence-corrected chi connectivity index (χ2v) is 9.03. The van der Waals surface area contributed by atoms with Crippen LogP contribution in [0.5, 0.6) is 0 Å². The van der Waals surface area contributed by atoms with Gasteiger partial charge in [-0.15, -0.1) is 0 Å². The van der Waals surface area contributed by atoms with Gasteiger partial charge in [0.2, 0.25) is 5.91 Å². The van der Waals surface area contributed by atoms with Crippen LogP contribution in [0.1, 0.15) is 39.7 Å². The Labute approximate surface area is 161 Å². The number of benzene rings is 1. The lowest BCUT2D eigenvalue weighted by molar-refractivity contribution is -0.123. The van der Waals surface area contributed by atoms with Gasteiger partial charge in [0.25, 0.3) is 10.0 Å². The second kappa shape index (κ2) is 9.32. The fourth-order valence-electron chi connectivity index (χ4n) is 2.69. The molecule has 0 saturated heterocycles. The molecule has 1 aliphatic rings. The lowest BCUT2D eigenvalue weighted by atomic mass is 10.0. The number of carbonyl (C=O) groups is 1. The smallest absolute Gasteiger partial charge is 0.263 e. The van der Waals surface area contributed by atoms with Gasteiger partial charge in [-0.3, -0.25) is 14.5 Å². The van der Waals surface area contributed by atoms with Gasteiger partial charge in [-0.1, -0.05) is 39.8 Å². The minimum absolute atomic E-state index is 0.0769. The van der Waals surface area contributed by atoms with Gasteiger partial charge < -0.3 is 10.1 Å². The zero-order valence-electron chi connectivity index (χ0n) is 16.4. The molecule has 0 aliphatic carbocycles. The summed E-state index contributed by atoms with van der Waals surface area (Å²) in [4.78, 5) is 17.2. The topological polar surface area (TPSA) is 96.9 Å². The van der Waals surface area contributed by atoms with Crippen LogP contribution < -0.4 is 10.0 Å². The van der Waals surface area contributed by atoms with Crippen LogP contribution in [0.2, 0.25) is 0 Å². The molecule has 1 amide bonds. The lowest BCUT2D eigenvalue weighted by Gasteiger charge is -2.17. The van der Waals surface area contributed by atoms with E-state index in [0.29, 0.717) is 31.2 Å². The van der Waals surface area contributed by atoms with Gasteiger partial charge >= 0.3 is 0 Å². The number of rotatable bonds is 9. The summed E-state index contributed by atoms with van der Waals surface area (Å²) in [7, 11) is -3.62. The summed E-state index contributed by atoms with van der Waals surface area (Å²) >= 11 is 0. The van der Waals surface area contributed by atoms with Crippen molar-refractivity contribution in [3.8, 4) is 0 Å². The highest BCUT2D eigenvalue weighted by Gasteiger charge is 2.32. The molecule has 7 nitrogen and oxygen atoms in total. The van der Waals surface area contributed by atoms with Gasteiger partial charge in [0.1, 0.15) is 11.9 Å². The second-order valence-electron chi connectivity index (χ2n) is 7.38. The third-order valence-corrected chi connectivity index (χ3v) is 5.44. The molecule has 1 heterocycles. The van der Waals surface area contributed by atoms with Crippen molar-refractivity contribution in [2.45, 2.75) is 45.1 Å². The first-order valence-corrected chi connectivity index (χ1v) is 10.8. The molecule has 2 N–H and O–H groups in total. The molecule has 8 heteroatoms. The van der Waals surface area contributed by atoms with Crippen molar-refractivity contribution in [3.05, 3.63) is 29.8 Å². The first-order chi connectivity index (χ1) is 12.7. The monoisotopic (exact) mass is 395 g/mol. The summed E-state index contributed by atoms with van der Waals surface area (Å²) in [5.41, 5.74) is 0.498. The normalized spacial score (nSPS) is 17.8. The molecule has 0 spiro atoms. The standard InChI is InChI=1S/C19H29N3O4S/c1-13(2)12-26-11-7-10-20-19(23)17(14(3)4)21-18-15-8-5-6-9-16(15)27(24,25)22-18/h5-6,8-9,13-14,17H,7,10-12H2,1-4H3,(H,20,23)(H,21,22)/t17-/m0/s1. The molecule has 0 fully saturated rings. The minimum atomic E-state index is -3.62. The van der Waals surface area contributed by atoms with Crippen LogP contribution in [0, 0.1) is 11.8 Å². The number of nitrogens with one attached hydrogen (secondary N) is 2. The van der Waals surface area contributed by atoms with E-state index in [1.165, 1.54) is 6.07 Å². The zero-order valence-corrected chi connectivity index (χ0v) is 17.2. The van der Waals surface area contributed by atoms with Gasteiger partial charge in [-0.25, -0.2) is 8.42 Å². The van der Waals surface area contributed by atoms with Crippen molar-refractivity contribution in [1.82, 2.24) is 10.0 Å². The fourth-order valence-corrected chi connectivity index (χ4v) is 3.93. The van der Waals surface area contributed by atoms with Crippen LogP contribution in [0.25, 0.3) is 0 Å². The van der Waals surface area contributed by atoms with Gasteiger partial charge in [-0.05, 0) is 30.4 Å². The van der Waals surface area contributed by atoms with E-state index in [4.69, 9.17) is 4.74 Å². The number of hydrogen-bond acceptors (Lipinski definition) is 5. The molecule has 0 aromatic heterocycles. The van der Waals surface area contributed by atoms with Crippen LogP contribution in [-0.2, 0) is 19.6 Å². The average Bonchev–Trinajstić information content (AvgIpc) is 2.86. The summed E-state index contributed by atoms with van der Waals surface area (Å²) in [6.45, 7) is 9.73. The number of aliphatic imine (C=N–C) groups is 1. The van der Waals surface area contributed by atoms with E-state index in [1.54, 1.807) is 18.2 Å². The molecule has 2 rings (SSSR count). The van der Waals surface area contributed by atoms with Crippen molar-refractivity contribution >= 4 is 21.8 Å². The highest BCUT2D eigenvalue weighted by molar-refractivity contribution is 7.90. The number of hydrogen-bond donors (Lipinski definition) is 2. The average molecular weight is 396 g/mol. The van der Waals surface area contributed by atoms with Crippen LogP contribution in [0.4, 0.5) is 0 Å². The summed E-state index contributed by atoms with van der Waals surface area (Å²) in [5, 5.41) is 2.87. The Kier molecular flexibility index (Phi) is 7.38. The van der Waals surface area contributed by atoms with Crippen molar-refractivity contribution in [2.75, 3.05) is 19.8 Å². The molecule has 1 aliphatic heterocycles. The molecule has 1 aromatic carbocycles. The fraction of sp³-hybridized carbons (Fsp3) is 0.579. The maximum atomic E-state index is 12.6. The summed E-state index contributed by atoms with van der Waals surface area (Å²) in [6, 6.07) is 5.95. The number of sulfonamides is 1. The van der Waals surface area contributed by atoms with E-state index in [9.17, 15) is 13.2 Å². The number of ether oxygens (including phenoxy) is 1. The SMILES string of the molecule is CC(C)COCCCNC(=O)[C@@H](N=C1NS(=O)(=O)c2ccccc21)C(C)C. The highest BCUT2D eigenvalue weighted by Crippen LogP contribution is 2.23. The van der Waals surface area contributed by atoms with Crippen LogP contribution in [0.3, 0.4) is 0 Å². The van der Waals surface area contributed by atoms with E-state index in [-0.39, 0.29) is 22.6 Å². The van der Waals surface area contributed by atoms with Gasteiger partial charge in [-0.2, -0.15) is 0 Å². The minimum Gasteiger partial charge on any atom is -0.381 e. The van der Waals surface area contributed by atoms with Crippen LogP contribution in [-0.4, -0.2) is 46.0 Å². The number of amides is 1. The maximum absolute atomic E-state index is 12.6. The Morgan fingerprint density at radius 1 is 1.22 bits per heavy atom. The van der Waals surface area contributed by atoms with E-state index in [1.807, 2.05) is 13.8 Å². The van der Waals surface area contributed by atoms with E-state index in [2.05, 4.69) is 28.9 Å². The van der Waals surface area contributed by atoms with Gasteiger partial charge in [0.15, 0.2) is 0 Å². The Morgan fingerprint density at radius 2 is 1.93 bits per heavy atom. The first-order valence-electron chi connectivity index (χ1n) is 9.28. The molecule has 0 bridgehead atoms. The number of carbonyl (C=O) groups excluding carboxylic acids is 1. The molecule has 0 unspecified atom stereocenters. The molecule has 1 atom stereocenters. The van der Waals surface area contributed by atoms with Crippen molar-refractivity contribution < 1.29 is 17.9 Å². The molecule has 1 aromatic rings. The van der Waals surface area contributed by atoms with Crippen molar-refractivity contribution in [2.24, 2.45) is 16.8 Å². The van der Waals surface area contributed by atoms with E-state index >= 15 is 0 Å². The predicted molar refractivity (Wildman–Crippen MR) is 105 cm³/mol. The summed E-state index contributed by atoms with van der Waals surface area (Å²) < 4.78 is 32.3. The van der Waals surface area contributed by atoms with Crippen LogP contribution in [0.15, 0.2) is 34.2 Å².